The number of aliphatic hydroxyl groups is 1. The van der Waals surface area contributed by atoms with Crippen LogP contribution in [0.25, 0.3) is 0 Å². The highest BCUT2D eigenvalue weighted by Crippen LogP contribution is 2.38. The van der Waals surface area contributed by atoms with Gasteiger partial charge >= 0.3 is 6.18 Å². The predicted octanol–water partition coefficient (Wildman–Crippen LogP) is 1.09. The molecule has 1 fully saturated rings. The van der Waals surface area contributed by atoms with Crippen LogP contribution >= 0.6 is 0 Å². The Labute approximate surface area is 62.0 Å². The molecule has 1 unspecified atom stereocenters. The van der Waals surface area contributed by atoms with Crippen LogP contribution in [0.5, 0.6) is 0 Å². The number of rotatable bonds is 2. The van der Waals surface area contributed by atoms with Crippen LogP contribution in [0.15, 0.2) is 0 Å². The van der Waals surface area contributed by atoms with Gasteiger partial charge in [-0.15, -0.1) is 0 Å². The highest BCUT2D eigenvalue weighted by molar-refractivity contribution is 5.01. The fourth-order valence-electron chi connectivity index (χ4n) is 0.750. The van der Waals surface area contributed by atoms with Gasteiger partial charge in [0.25, 0.3) is 0 Å². The van der Waals surface area contributed by atoms with Crippen molar-refractivity contribution in [3.8, 4) is 0 Å². The molecule has 0 radical (unpaired) electrons. The van der Waals surface area contributed by atoms with Crippen LogP contribution in [0.1, 0.15) is 13.3 Å². The van der Waals surface area contributed by atoms with Crippen LogP contribution in [-0.2, 0) is 4.74 Å². The van der Waals surface area contributed by atoms with Crippen molar-refractivity contribution in [1.82, 2.24) is 0 Å². The van der Waals surface area contributed by atoms with E-state index in [9.17, 15) is 13.2 Å². The molecule has 5 heteroatoms. The van der Waals surface area contributed by atoms with E-state index in [4.69, 9.17) is 5.11 Å². The number of alkyl halides is 3. The van der Waals surface area contributed by atoms with E-state index in [2.05, 4.69) is 4.74 Å². The summed E-state index contributed by atoms with van der Waals surface area (Å²) in [7, 11) is 0. The molecule has 0 bridgehead atoms. The molecule has 0 aromatic heterocycles. The average Bonchev–Trinajstić information content (AvgIpc) is 2.33. The van der Waals surface area contributed by atoms with Crippen molar-refractivity contribution in [3.05, 3.63) is 0 Å². The standard InChI is InChI=1S/C6H9F3O2/c1-5(10)2-4(5)11-3-6(7,8)9/h4,10H,2-3H2,1H3/t4?,5-/m1/s1. The Morgan fingerprint density at radius 3 is 2.36 bits per heavy atom. The van der Waals surface area contributed by atoms with Crippen LogP contribution in [0.2, 0.25) is 0 Å². The van der Waals surface area contributed by atoms with Gasteiger partial charge in [-0.25, -0.2) is 0 Å². The summed E-state index contributed by atoms with van der Waals surface area (Å²) in [6.45, 7) is 0.182. The summed E-state index contributed by atoms with van der Waals surface area (Å²) in [6, 6.07) is 0. The van der Waals surface area contributed by atoms with Gasteiger partial charge in [-0.05, 0) is 6.92 Å². The van der Waals surface area contributed by atoms with Gasteiger partial charge in [0.15, 0.2) is 0 Å². The fourth-order valence-corrected chi connectivity index (χ4v) is 0.750. The van der Waals surface area contributed by atoms with Crippen LogP contribution in [0.4, 0.5) is 13.2 Å². The zero-order chi connectivity index (χ0) is 8.70. The van der Waals surface area contributed by atoms with Gasteiger partial charge in [0.05, 0.1) is 11.7 Å². The monoisotopic (exact) mass is 170 g/mol. The largest absolute Gasteiger partial charge is 0.411 e. The lowest BCUT2D eigenvalue weighted by Crippen LogP contribution is -2.21. The van der Waals surface area contributed by atoms with Crippen molar-refractivity contribution < 1.29 is 23.0 Å². The molecular weight excluding hydrogens is 161 g/mol. The smallest absolute Gasteiger partial charge is 0.387 e. The zero-order valence-electron chi connectivity index (χ0n) is 5.98. The molecular formula is C6H9F3O2. The first-order valence-corrected chi connectivity index (χ1v) is 3.22. The van der Waals surface area contributed by atoms with Gasteiger partial charge in [0.2, 0.25) is 0 Å². The quantitative estimate of drug-likeness (QED) is 0.672. The van der Waals surface area contributed by atoms with Crippen molar-refractivity contribution in [1.29, 1.82) is 0 Å². The maximum Gasteiger partial charge on any atom is 0.411 e. The van der Waals surface area contributed by atoms with E-state index in [0.29, 0.717) is 6.42 Å². The number of ether oxygens (including phenoxy) is 1. The highest BCUT2D eigenvalue weighted by Gasteiger charge is 2.51. The summed E-state index contributed by atoms with van der Waals surface area (Å²) in [6.07, 6.45) is -4.63. The number of hydrogen-bond acceptors (Lipinski definition) is 2. The van der Waals surface area contributed by atoms with E-state index in [0.717, 1.165) is 0 Å². The van der Waals surface area contributed by atoms with Crippen LogP contribution in [0.3, 0.4) is 0 Å². The first kappa shape index (κ1) is 8.80. The number of hydrogen-bond donors (Lipinski definition) is 1. The highest BCUT2D eigenvalue weighted by atomic mass is 19.4. The average molecular weight is 170 g/mol. The van der Waals surface area contributed by atoms with E-state index in [-0.39, 0.29) is 0 Å². The SMILES string of the molecule is C[C@@]1(O)CC1OCC(F)(F)F. The minimum atomic E-state index is -4.29. The molecule has 66 valence electrons. The van der Waals surface area contributed by atoms with Gasteiger partial charge < -0.3 is 9.84 Å². The third kappa shape index (κ3) is 2.67. The second-order valence-corrected chi connectivity index (χ2v) is 2.98. The predicted molar refractivity (Wildman–Crippen MR) is 31.0 cm³/mol. The van der Waals surface area contributed by atoms with E-state index in [1.807, 2.05) is 0 Å². The summed E-state index contributed by atoms with van der Waals surface area (Å²) in [4.78, 5) is 0. The molecule has 1 aliphatic rings. The Bertz CT molecular complexity index is 152. The van der Waals surface area contributed by atoms with E-state index >= 15 is 0 Å². The molecule has 1 rings (SSSR count). The summed E-state index contributed by atoms with van der Waals surface area (Å²) in [5, 5.41) is 9.00. The van der Waals surface area contributed by atoms with Crippen molar-refractivity contribution in [3.63, 3.8) is 0 Å². The summed E-state index contributed by atoms with van der Waals surface area (Å²) >= 11 is 0. The summed E-state index contributed by atoms with van der Waals surface area (Å²) in [5.74, 6) is 0. The molecule has 0 spiro atoms. The van der Waals surface area contributed by atoms with Gasteiger partial charge in [-0.3, -0.25) is 0 Å². The normalized spacial score (nSPS) is 37.4. The summed E-state index contributed by atoms with van der Waals surface area (Å²) < 4.78 is 38.8. The van der Waals surface area contributed by atoms with Gasteiger partial charge in [0.1, 0.15) is 6.61 Å². The topological polar surface area (TPSA) is 29.5 Å². The molecule has 0 amide bonds. The summed E-state index contributed by atoms with van der Waals surface area (Å²) in [5.41, 5.74) is -1.04. The Morgan fingerprint density at radius 2 is 2.09 bits per heavy atom. The maximum absolute atomic E-state index is 11.5. The van der Waals surface area contributed by atoms with Crippen molar-refractivity contribution in [2.24, 2.45) is 0 Å². The fraction of sp³-hybridized carbons (Fsp3) is 1.00. The maximum atomic E-state index is 11.5. The lowest BCUT2D eigenvalue weighted by Gasteiger charge is -2.07. The Kier molecular flexibility index (Phi) is 1.88. The lowest BCUT2D eigenvalue weighted by atomic mass is 10.4. The second kappa shape index (κ2) is 2.35. The van der Waals surface area contributed by atoms with Crippen LogP contribution in [-0.4, -0.2) is 29.6 Å². The first-order valence-electron chi connectivity index (χ1n) is 3.22. The minimum absolute atomic E-state index is 0.295. The molecule has 0 aromatic carbocycles. The van der Waals surface area contributed by atoms with Gasteiger partial charge in [0, 0.05) is 6.42 Å². The third-order valence-electron chi connectivity index (χ3n) is 1.58. The van der Waals surface area contributed by atoms with Crippen LogP contribution in [0, 0.1) is 0 Å². The van der Waals surface area contributed by atoms with Gasteiger partial charge in [-0.2, -0.15) is 13.2 Å². The van der Waals surface area contributed by atoms with E-state index < -0.39 is 24.5 Å². The first-order chi connectivity index (χ1) is 4.81. The number of halogens is 3. The van der Waals surface area contributed by atoms with E-state index in [1.165, 1.54) is 6.92 Å². The van der Waals surface area contributed by atoms with E-state index in [1.54, 1.807) is 0 Å². The van der Waals surface area contributed by atoms with Crippen LogP contribution < -0.4 is 0 Å². The molecule has 1 N–H and O–H groups in total. The van der Waals surface area contributed by atoms with Crippen molar-refractivity contribution in [2.75, 3.05) is 6.61 Å². The molecule has 0 aliphatic heterocycles. The Balaban J connectivity index is 2.16. The molecule has 0 saturated heterocycles. The van der Waals surface area contributed by atoms with Crippen molar-refractivity contribution in [2.45, 2.75) is 31.2 Å². The van der Waals surface area contributed by atoms with Crippen molar-refractivity contribution >= 4 is 0 Å². The minimum Gasteiger partial charge on any atom is -0.387 e. The lowest BCUT2D eigenvalue weighted by molar-refractivity contribution is -0.180. The molecule has 2 atom stereocenters. The zero-order valence-corrected chi connectivity index (χ0v) is 5.98. The third-order valence-corrected chi connectivity index (χ3v) is 1.58. The second-order valence-electron chi connectivity index (χ2n) is 2.98. The molecule has 2 nitrogen and oxygen atoms in total. The molecule has 0 heterocycles. The molecule has 1 saturated carbocycles. The molecule has 0 aromatic rings. The Morgan fingerprint density at radius 1 is 1.64 bits per heavy atom. The molecule has 11 heavy (non-hydrogen) atoms. The molecule has 1 aliphatic carbocycles. The van der Waals surface area contributed by atoms with Gasteiger partial charge in [-0.1, -0.05) is 0 Å². The Hall–Kier alpha value is -0.290.